The molecular weight excluding hydrogens is 368 g/mol. The first-order valence-corrected chi connectivity index (χ1v) is 8.66. The lowest BCUT2D eigenvalue weighted by molar-refractivity contribution is 0.210. The van der Waals surface area contributed by atoms with Crippen LogP contribution in [0.2, 0.25) is 0 Å². The first kappa shape index (κ1) is 14.1. The second-order valence-corrected chi connectivity index (χ2v) is 7.44. The number of likely N-dealkylation sites (tertiary alicyclic amines) is 1. The molecule has 2 fully saturated rings. The summed E-state index contributed by atoms with van der Waals surface area (Å²) in [5, 5.41) is 3.55. The summed E-state index contributed by atoms with van der Waals surface area (Å²) in [6, 6.07) is 7.36. The van der Waals surface area contributed by atoms with Crippen molar-refractivity contribution in [2.75, 3.05) is 19.6 Å². The lowest BCUT2D eigenvalue weighted by atomic mass is 9.93. The fraction of sp³-hybridized carbons (Fsp3) is 0.600. The third-order valence-corrected chi connectivity index (χ3v) is 6.49. The number of rotatable bonds is 3. The Kier molecular flexibility index (Phi) is 4.32. The first-order valence-electron chi connectivity index (χ1n) is 7.07. The molecule has 3 unspecified atom stereocenters. The minimum absolute atomic E-state index is 0.752. The number of nitrogens with one attached hydrogen (secondary N) is 1. The molecule has 0 saturated carbocycles. The highest BCUT2D eigenvalue weighted by atomic mass is 79.9. The predicted octanol–water partition coefficient (Wildman–Crippen LogP) is 3.64. The van der Waals surface area contributed by atoms with Gasteiger partial charge in [-0.15, -0.1) is 0 Å². The van der Waals surface area contributed by atoms with Crippen LogP contribution in [-0.2, 0) is 6.54 Å². The summed E-state index contributed by atoms with van der Waals surface area (Å²) < 4.78 is 2.28. The van der Waals surface area contributed by atoms with Crippen LogP contribution in [0.25, 0.3) is 0 Å². The van der Waals surface area contributed by atoms with Gasteiger partial charge in [0.1, 0.15) is 0 Å². The van der Waals surface area contributed by atoms with Gasteiger partial charge in [0.15, 0.2) is 0 Å². The lowest BCUT2D eigenvalue weighted by Crippen LogP contribution is -2.34. The van der Waals surface area contributed by atoms with Crippen molar-refractivity contribution in [1.82, 2.24) is 10.2 Å². The van der Waals surface area contributed by atoms with Gasteiger partial charge in [-0.2, -0.15) is 0 Å². The Labute approximate surface area is 132 Å². The van der Waals surface area contributed by atoms with Crippen molar-refractivity contribution < 1.29 is 0 Å². The maximum atomic E-state index is 3.60. The van der Waals surface area contributed by atoms with E-state index in [0.29, 0.717) is 0 Å². The molecule has 3 rings (SSSR count). The standard InChI is InChI=1S/C15H20Br2N2/c1-2-15-12-7-18-6-11(12)9-19(15)8-10-3-4-13(16)14(17)5-10/h3-5,11-12,15,18H,2,6-9H2,1H3. The normalized spacial score (nSPS) is 30.8. The quantitative estimate of drug-likeness (QED) is 0.851. The molecule has 0 bridgehead atoms. The molecule has 1 aromatic carbocycles. The Bertz CT molecular complexity index is 463. The fourth-order valence-corrected chi connectivity index (χ4v) is 4.40. The molecule has 2 saturated heterocycles. The van der Waals surface area contributed by atoms with Crippen LogP contribution >= 0.6 is 31.9 Å². The topological polar surface area (TPSA) is 15.3 Å². The van der Waals surface area contributed by atoms with Crippen molar-refractivity contribution in [3.8, 4) is 0 Å². The largest absolute Gasteiger partial charge is 0.316 e. The van der Waals surface area contributed by atoms with Gasteiger partial charge in [-0.25, -0.2) is 0 Å². The average Bonchev–Trinajstić information content (AvgIpc) is 2.94. The van der Waals surface area contributed by atoms with Crippen LogP contribution < -0.4 is 5.32 Å². The van der Waals surface area contributed by atoms with Crippen molar-refractivity contribution in [2.45, 2.75) is 25.9 Å². The molecule has 2 aliphatic heterocycles. The van der Waals surface area contributed by atoms with E-state index in [1.165, 1.54) is 31.6 Å². The van der Waals surface area contributed by atoms with Gasteiger partial charge in [-0.05, 0) is 80.9 Å². The molecule has 4 heteroatoms. The summed E-state index contributed by atoms with van der Waals surface area (Å²) in [7, 11) is 0. The Morgan fingerprint density at radius 1 is 1.26 bits per heavy atom. The molecule has 0 amide bonds. The van der Waals surface area contributed by atoms with Gasteiger partial charge >= 0.3 is 0 Å². The van der Waals surface area contributed by atoms with Gasteiger partial charge in [-0.3, -0.25) is 4.90 Å². The van der Waals surface area contributed by atoms with Crippen LogP contribution in [0, 0.1) is 11.8 Å². The van der Waals surface area contributed by atoms with E-state index < -0.39 is 0 Å². The van der Waals surface area contributed by atoms with Gasteiger partial charge in [0.2, 0.25) is 0 Å². The molecule has 1 aromatic rings. The van der Waals surface area contributed by atoms with Crippen molar-refractivity contribution in [2.24, 2.45) is 11.8 Å². The molecule has 2 aliphatic rings. The van der Waals surface area contributed by atoms with Crippen LogP contribution in [0.3, 0.4) is 0 Å². The number of benzene rings is 1. The summed E-state index contributed by atoms with van der Waals surface area (Å²) in [4.78, 5) is 2.69. The van der Waals surface area contributed by atoms with Gasteiger partial charge in [0.05, 0.1) is 0 Å². The van der Waals surface area contributed by atoms with E-state index in [9.17, 15) is 0 Å². The Morgan fingerprint density at radius 3 is 2.84 bits per heavy atom. The SMILES string of the molecule is CCC1C2CNCC2CN1Cc1ccc(Br)c(Br)c1. The third kappa shape index (κ3) is 2.78. The predicted molar refractivity (Wildman–Crippen MR) is 86.2 cm³/mol. The number of halogens is 2. The third-order valence-electron chi connectivity index (χ3n) is 4.61. The van der Waals surface area contributed by atoms with E-state index in [2.05, 4.69) is 67.2 Å². The summed E-state index contributed by atoms with van der Waals surface area (Å²) in [5.74, 6) is 1.73. The van der Waals surface area contributed by atoms with Gasteiger partial charge < -0.3 is 5.32 Å². The van der Waals surface area contributed by atoms with Crippen molar-refractivity contribution in [3.05, 3.63) is 32.7 Å². The van der Waals surface area contributed by atoms with Crippen molar-refractivity contribution in [3.63, 3.8) is 0 Å². The summed E-state index contributed by atoms with van der Waals surface area (Å²) in [5.41, 5.74) is 1.40. The minimum atomic E-state index is 0.752. The van der Waals surface area contributed by atoms with Crippen LogP contribution in [0.4, 0.5) is 0 Å². The highest BCUT2D eigenvalue weighted by molar-refractivity contribution is 9.13. The fourth-order valence-electron chi connectivity index (χ4n) is 3.73. The maximum Gasteiger partial charge on any atom is 0.0320 e. The Morgan fingerprint density at radius 2 is 2.11 bits per heavy atom. The number of nitrogens with zero attached hydrogens (tertiary/aromatic N) is 1. The molecule has 0 aliphatic carbocycles. The maximum absolute atomic E-state index is 3.60. The Hall–Kier alpha value is 0.1000. The molecule has 2 nitrogen and oxygen atoms in total. The van der Waals surface area contributed by atoms with E-state index in [4.69, 9.17) is 0 Å². The van der Waals surface area contributed by atoms with Crippen LogP contribution in [-0.4, -0.2) is 30.6 Å². The molecule has 104 valence electrons. The van der Waals surface area contributed by atoms with Crippen LogP contribution in [0.5, 0.6) is 0 Å². The molecular formula is C15H20Br2N2. The molecule has 0 spiro atoms. The summed E-state index contributed by atoms with van der Waals surface area (Å²) in [6.45, 7) is 7.09. The Balaban J connectivity index is 1.74. The zero-order valence-electron chi connectivity index (χ0n) is 11.2. The molecule has 3 atom stereocenters. The smallest absolute Gasteiger partial charge is 0.0320 e. The van der Waals surface area contributed by atoms with Crippen LogP contribution in [0.15, 0.2) is 27.1 Å². The first-order chi connectivity index (χ1) is 9.19. The highest BCUT2D eigenvalue weighted by Crippen LogP contribution is 2.35. The van der Waals surface area contributed by atoms with Crippen LogP contribution in [0.1, 0.15) is 18.9 Å². The van der Waals surface area contributed by atoms with E-state index in [1.807, 2.05) is 0 Å². The molecule has 0 radical (unpaired) electrons. The number of fused-ring (bicyclic) bond motifs is 1. The van der Waals surface area contributed by atoms with E-state index in [1.54, 1.807) is 0 Å². The molecule has 0 aromatic heterocycles. The van der Waals surface area contributed by atoms with Crippen molar-refractivity contribution in [1.29, 1.82) is 0 Å². The number of hydrogen-bond donors (Lipinski definition) is 1. The van der Waals surface area contributed by atoms with Crippen molar-refractivity contribution >= 4 is 31.9 Å². The van der Waals surface area contributed by atoms with E-state index >= 15 is 0 Å². The minimum Gasteiger partial charge on any atom is -0.316 e. The molecule has 1 N–H and O–H groups in total. The summed E-state index contributed by atoms with van der Waals surface area (Å²) in [6.07, 6.45) is 1.26. The zero-order valence-corrected chi connectivity index (χ0v) is 14.4. The monoisotopic (exact) mass is 386 g/mol. The zero-order chi connectivity index (χ0) is 13.4. The van der Waals surface area contributed by atoms with Gasteiger partial charge in [-0.1, -0.05) is 13.0 Å². The van der Waals surface area contributed by atoms with E-state index in [0.717, 1.165) is 33.4 Å². The second kappa shape index (κ2) is 5.84. The number of hydrogen-bond acceptors (Lipinski definition) is 2. The molecule has 19 heavy (non-hydrogen) atoms. The second-order valence-electron chi connectivity index (χ2n) is 5.74. The average molecular weight is 388 g/mol. The lowest BCUT2D eigenvalue weighted by Gasteiger charge is -2.27. The van der Waals surface area contributed by atoms with Gasteiger partial charge in [0, 0.05) is 28.1 Å². The van der Waals surface area contributed by atoms with E-state index in [-0.39, 0.29) is 0 Å². The highest BCUT2D eigenvalue weighted by Gasteiger charge is 2.42. The molecule has 2 heterocycles. The summed E-state index contributed by atoms with van der Waals surface area (Å²) >= 11 is 7.14. The van der Waals surface area contributed by atoms with Gasteiger partial charge in [0.25, 0.3) is 0 Å².